The second kappa shape index (κ2) is 6.58. The highest BCUT2D eigenvalue weighted by molar-refractivity contribution is 5.76. The van der Waals surface area contributed by atoms with Gasteiger partial charge in [-0.3, -0.25) is 14.4 Å². The first-order chi connectivity index (χ1) is 8.50. The average Bonchev–Trinajstić information content (AvgIpc) is 2.30. The SMILES string of the molecule is CC(=O)NCCNC(=O)Cn1cccc(C)c1=O. The van der Waals surface area contributed by atoms with Gasteiger partial charge in [-0.2, -0.15) is 0 Å². The molecule has 0 radical (unpaired) electrons. The summed E-state index contributed by atoms with van der Waals surface area (Å²) in [6.45, 7) is 3.82. The van der Waals surface area contributed by atoms with E-state index in [4.69, 9.17) is 0 Å². The molecule has 18 heavy (non-hydrogen) atoms. The first-order valence-corrected chi connectivity index (χ1v) is 5.68. The highest BCUT2D eigenvalue weighted by Gasteiger charge is 2.04. The zero-order valence-corrected chi connectivity index (χ0v) is 10.5. The van der Waals surface area contributed by atoms with Gasteiger partial charge in [0.2, 0.25) is 11.8 Å². The lowest BCUT2D eigenvalue weighted by Crippen LogP contribution is -2.37. The van der Waals surface area contributed by atoms with Crippen LogP contribution in [0.3, 0.4) is 0 Å². The van der Waals surface area contributed by atoms with Gasteiger partial charge in [-0.25, -0.2) is 0 Å². The number of pyridine rings is 1. The Balaban J connectivity index is 2.43. The van der Waals surface area contributed by atoms with Gasteiger partial charge in [0.1, 0.15) is 6.54 Å². The molecular formula is C12H17N3O3. The van der Waals surface area contributed by atoms with E-state index in [1.165, 1.54) is 11.5 Å². The van der Waals surface area contributed by atoms with E-state index < -0.39 is 0 Å². The average molecular weight is 251 g/mol. The first kappa shape index (κ1) is 14.0. The second-order valence-electron chi connectivity index (χ2n) is 3.96. The summed E-state index contributed by atoms with van der Waals surface area (Å²) in [6.07, 6.45) is 1.57. The Morgan fingerprint density at radius 2 is 1.94 bits per heavy atom. The molecule has 0 atom stereocenters. The van der Waals surface area contributed by atoms with Crippen LogP contribution in [0.15, 0.2) is 23.1 Å². The summed E-state index contributed by atoms with van der Waals surface area (Å²) in [7, 11) is 0. The van der Waals surface area contributed by atoms with Gasteiger partial charge in [0.15, 0.2) is 0 Å². The predicted octanol–water partition coefficient (Wildman–Crippen LogP) is -0.591. The second-order valence-corrected chi connectivity index (χ2v) is 3.96. The standard InChI is InChI=1S/C12H17N3O3/c1-9-4-3-7-15(12(9)18)8-11(17)14-6-5-13-10(2)16/h3-4,7H,5-6,8H2,1-2H3,(H,13,16)(H,14,17). The van der Waals surface area contributed by atoms with E-state index in [9.17, 15) is 14.4 Å². The lowest BCUT2D eigenvalue weighted by molar-refractivity contribution is -0.122. The van der Waals surface area contributed by atoms with Crippen molar-refractivity contribution in [2.45, 2.75) is 20.4 Å². The van der Waals surface area contributed by atoms with Crippen LogP contribution in [0.2, 0.25) is 0 Å². The summed E-state index contributed by atoms with van der Waals surface area (Å²) in [5, 5.41) is 5.18. The third kappa shape index (κ3) is 4.40. The molecule has 98 valence electrons. The summed E-state index contributed by atoms with van der Waals surface area (Å²) in [5.41, 5.74) is 0.429. The van der Waals surface area contributed by atoms with Crippen molar-refractivity contribution in [3.8, 4) is 0 Å². The fourth-order valence-corrected chi connectivity index (χ4v) is 1.43. The molecule has 2 amide bonds. The lowest BCUT2D eigenvalue weighted by atomic mass is 10.3. The van der Waals surface area contributed by atoms with Crippen molar-refractivity contribution >= 4 is 11.8 Å². The summed E-state index contributed by atoms with van der Waals surface area (Å²) < 4.78 is 1.35. The minimum atomic E-state index is -0.256. The highest BCUT2D eigenvalue weighted by Crippen LogP contribution is 1.88. The van der Waals surface area contributed by atoms with E-state index in [-0.39, 0.29) is 23.9 Å². The number of amides is 2. The molecule has 0 aliphatic heterocycles. The van der Waals surface area contributed by atoms with Crippen molar-refractivity contribution in [1.82, 2.24) is 15.2 Å². The molecule has 0 unspecified atom stereocenters. The molecule has 6 nitrogen and oxygen atoms in total. The molecule has 0 bridgehead atoms. The Morgan fingerprint density at radius 3 is 2.61 bits per heavy atom. The van der Waals surface area contributed by atoms with Gasteiger partial charge in [-0.15, -0.1) is 0 Å². The Kier molecular flexibility index (Phi) is 5.10. The molecule has 0 saturated heterocycles. The molecule has 0 aliphatic carbocycles. The molecule has 1 heterocycles. The molecular weight excluding hydrogens is 234 g/mol. The fourth-order valence-electron chi connectivity index (χ4n) is 1.43. The number of nitrogens with one attached hydrogen (secondary N) is 2. The molecule has 2 N–H and O–H groups in total. The number of carbonyl (C=O) groups is 2. The Hall–Kier alpha value is -2.11. The van der Waals surface area contributed by atoms with Crippen LogP contribution in [0, 0.1) is 6.92 Å². The molecule has 1 rings (SSSR count). The zero-order chi connectivity index (χ0) is 13.5. The summed E-state index contributed by atoms with van der Waals surface area (Å²) >= 11 is 0. The van der Waals surface area contributed by atoms with Crippen molar-refractivity contribution < 1.29 is 9.59 Å². The number of aryl methyl sites for hydroxylation is 1. The number of nitrogens with zero attached hydrogens (tertiary/aromatic N) is 1. The van der Waals surface area contributed by atoms with Gasteiger partial charge >= 0.3 is 0 Å². The van der Waals surface area contributed by atoms with Crippen molar-refractivity contribution in [3.63, 3.8) is 0 Å². The minimum Gasteiger partial charge on any atom is -0.355 e. The van der Waals surface area contributed by atoms with Gasteiger partial charge < -0.3 is 15.2 Å². The van der Waals surface area contributed by atoms with Crippen LogP contribution in [0.1, 0.15) is 12.5 Å². The zero-order valence-electron chi connectivity index (χ0n) is 10.5. The smallest absolute Gasteiger partial charge is 0.253 e. The topological polar surface area (TPSA) is 80.2 Å². The van der Waals surface area contributed by atoms with Crippen LogP contribution >= 0.6 is 0 Å². The molecule has 0 saturated carbocycles. The monoisotopic (exact) mass is 251 g/mol. The van der Waals surface area contributed by atoms with E-state index >= 15 is 0 Å². The normalized spacial score (nSPS) is 9.89. The van der Waals surface area contributed by atoms with Crippen molar-refractivity contribution in [2.24, 2.45) is 0 Å². The third-order valence-corrected chi connectivity index (χ3v) is 2.35. The van der Waals surface area contributed by atoms with Crippen molar-refractivity contribution in [1.29, 1.82) is 0 Å². The van der Waals surface area contributed by atoms with Crippen LogP contribution in [0.4, 0.5) is 0 Å². The molecule has 0 spiro atoms. The van der Waals surface area contributed by atoms with Gasteiger partial charge in [0.25, 0.3) is 5.56 Å². The van der Waals surface area contributed by atoms with Crippen LogP contribution in [-0.4, -0.2) is 29.5 Å². The van der Waals surface area contributed by atoms with Crippen LogP contribution < -0.4 is 16.2 Å². The summed E-state index contributed by atoms with van der Waals surface area (Å²) in [6, 6.07) is 3.43. The van der Waals surface area contributed by atoms with Crippen molar-refractivity contribution in [3.05, 3.63) is 34.2 Å². The number of rotatable bonds is 5. The third-order valence-electron chi connectivity index (χ3n) is 2.35. The first-order valence-electron chi connectivity index (χ1n) is 5.68. The Labute approximate surface area is 105 Å². The van der Waals surface area contributed by atoms with Gasteiger partial charge in [-0.1, -0.05) is 6.07 Å². The van der Waals surface area contributed by atoms with Crippen molar-refractivity contribution in [2.75, 3.05) is 13.1 Å². The lowest BCUT2D eigenvalue weighted by Gasteiger charge is -2.08. The Bertz CT molecular complexity index is 494. The van der Waals surface area contributed by atoms with Gasteiger partial charge in [0, 0.05) is 31.8 Å². The van der Waals surface area contributed by atoms with Crippen LogP contribution in [-0.2, 0) is 16.1 Å². The molecule has 0 fully saturated rings. The van der Waals surface area contributed by atoms with E-state index in [0.29, 0.717) is 18.7 Å². The summed E-state index contributed by atoms with van der Waals surface area (Å²) in [4.78, 5) is 33.8. The maximum atomic E-state index is 11.6. The van der Waals surface area contributed by atoms with Crippen LogP contribution in [0.5, 0.6) is 0 Å². The maximum Gasteiger partial charge on any atom is 0.253 e. The van der Waals surface area contributed by atoms with E-state index in [0.717, 1.165) is 0 Å². The number of hydrogen-bond donors (Lipinski definition) is 2. The molecule has 1 aromatic rings. The number of aromatic nitrogens is 1. The van der Waals surface area contributed by atoms with Gasteiger partial charge in [0.05, 0.1) is 0 Å². The van der Waals surface area contributed by atoms with E-state index in [1.807, 2.05) is 0 Å². The fraction of sp³-hybridized carbons (Fsp3) is 0.417. The van der Waals surface area contributed by atoms with Crippen LogP contribution in [0.25, 0.3) is 0 Å². The van der Waals surface area contributed by atoms with Gasteiger partial charge in [-0.05, 0) is 13.0 Å². The van der Waals surface area contributed by atoms with E-state index in [2.05, 4.69) is 10.6 Å². The minimum absolute atomic E-state index is 0.0133. The molecule has 6 heteroatoms. The number of hydrogen-bond acceptors (Lipinski definition) is 3. The number of carbonyl (C=O) groups excluding carboxylic acids is 2. The largest absolute Gasteiger partial charge is 0.355 e. The predicted molar refractivity (Wildman–Crippen MR) is 67.1 cm³/mol. The summed E-state index contributed by atoms with van der Waals surface area (Å²) in [5.74, 6) is -0.396. The molecule has 0 aromatic carbocycles. The quantitative estimate of drug-likeness (QED) is 0.686. The maximum absolute atomic E-state index is 11.6. The molecule has 1 aromatic heterocycles. The highest BCUT2D eigenvalue weighted by atomic mass is 16.2. The molecule has 0 aliphatic rings. The van der Waals surface area contributed by atoms with E-state index in [1.54, 1.807) is 25.3 Å². The Morgan fingerprint density at radius 1 is 1.28 bits per heavy atom.